The van der Waals surface area contributed by atoms with Crippen LogP contribution in [0.4, 0.5) is 0 Å². The molecule has 22 heavy (non-hydrogen) atoms. The molecule has 116 valence electrons. The van der Waals surface area contributed by atoms with Crippen molar-refractivity contribution >= 4 is 12.4 Å². The Balaban J connectivity index is 0.00000144. The first-order chi connectivity index (χ1) is 10.3. The standard InChI is InChI=1S/C19H21NO.ClH/c21-19(13-20-14-19)18(11-12-18)17(15-7-3-1-4-8-15)16-9-5-2-6-10-16;/h1-10,17,20-21H,11-14H2;1H. The summed E-state index contributed by atoms with van der Waals surface area (Å²) in [5, 5.41) is 14.3. The molecule has 2 nitrogen and oxygen atoms in total. The first-order valence-electron chi connectivity index (χ1n) is 7.78. The van der Waals surface area contributed by atoms with Crippen molar-refractivity contribution in [3.05, 3.63) is 71.8 Å². The van der Waals surface area contributed by atoms with Gasteiger partial charge in [-0.15, -0.1) is 12.4 Å². The average molecular weight is 316 g/mol. The Labute approximate surface area is 138 Å². The van der Waals surface area contributed by atoms with Gasteiger partial charge in [-0.2, -0.15) is 0 Å². The van der Waals surface area contributed by atoms with Gasteiger partial charge in [-0.25, -0.2) is 0 Å². The Morgan fingerprint density at radius 2 is 1.27 bits per heavy atom. The van der Waals surface area contributed by atoms with Crippen LogP contribution in [0.25, 0.3) is 0 Å². The smallest absolute Gasteiger partial charge is 0.0959 e. The topological polar surface area (TPSA) is 32.3 Å². The van der Waals surface area contributed by atoms with Gasteiger partial charge in [0.2, 0.25) is 0 Å². The van der Waals surface area contributed by atoms with Crippen LogP contribution in [0.3, 0.4) is 0 Å². The molecule has 0 unspecified atom stereocenters. The summed E-state index contributed by atoms with van der Waals surface area (Å²) in [6, 6.07) is 21.3. The monoisotopic (exact) mass is 315 g/mol. The summed E-state index contributed by atoms with van der Waals surface area (Å²) in [5.74, 6) is 0.284. The summed E-state index contributed by atoms with van der Waals surface area (Å²) >= 11 is 0. The lowest BCUT2D eigenvalue weighted by Crippen LogP contribution is -2.65. The lowest BCUT2D eigenvalue weighted by atomic mass is 9.66. The second-order valence-corrected chi connectivity index (χ2v) is 6.55. The van der Waals surface area contributed by atoms with E-state index in [1.54, 1.807) is 0 Å². The van der Waals surface area contributed by atoms with Gasteiger partial charge in [0.05, 0.1) is 5.60 Å². The van der Waals surface area contributed by atoms with Gasteiger partial charge in [0.15, 0.2) is 0 Å². The van der Waals surface area contributed by atoms with Crippen LogP contribution in [0.2, 0.25) is 0 Å². The number of halogens is 1. The molecule has 0 spiro atoms. The highest BCUT2D eigenvalue weighted by molar-refractivity contribution is 5.85. The van der Waals surface area contributed by atoms with Crippen molar-refractivity contribution in [2.24, 2.45) is 5.41 Å². The third kappa shape index (κ3) is 2.26. The zero-order valence-corrected chi connectivity index (χ0v) is 13.4. The highest BCUT2D eigenvalue weighted by atomic mass is 35.5. The fraction of sp³-hybridized carbons (Fsp3) is 0.368. The maximum atomic E-state index is 11.0. The first-order valence-corrected chi connectivity index (χ1v) is 7.78. The van der Waals surface area contributed by atoms with Crippen LogP contribution in [-0.2, 0) is 0 Å². The van der Waals surface area contributed by atoms with Crippen LogP contribution < -0.4 is 5.32 Å². The van der Waals surface area contributed by atoms with Gasteiger partial charge in [-0.1, -0.05) is 60.7 Å². The maximum absolute atomic E-state index is 11.0. The second-order valence-electron chi connectivity index (χ2n) is 6.55. The molecule has 0 radical (unpaired) electrons. The van der Waals surface area contributed by atoms with E-state index < -0.39 is 5.60 Å². The van der Waals surface area contributed by atoms with Gasteiger partial charge >= 0.3 is 0 Å². The molecule has 1 saturated carbocycles. The molecule has 2 aromatic carbocycles. The average Bonchev–Trinajstić information content (AvgIpc) is 3.29. The number of β-amino-alcohol motifs (C(OH)–C–C–N with tert-alkyl or cyclic N) is 1. The van der Waals surface area contributed by atoms with Gasteiger partial charge in [0.1, 0.15) is 0 Å². The molecule has 3 heteroatoms. The maximum Gasteiger partial charge on any atom is 0.0959 e. The molecular weight excluding hydrogens is 294 g/mol. The normalized spacial score (nSPS) is 20.8. The molecule has 0 aromatic heterocycles. The summed E-state index contributed by atoms with van der Waals surface area (Å²) in [5.41, 5.74) is 2.09. The Kier molecular flexibility index (Phi) is 4.02. The summed E-state index contributed by atoms with van der Waals surface area (Å²) in [6.45, 7) is 1.45. The van der Waals surface area contributed by atoms with Crippen LogP contribution in [0.15, 0.2) is 60.7 Å². The van der Waals surface area contributed by atoms with Crippen molar-refractivity contribution in [1.82, 2.24) is 5.32 Å². The second kappa shape index (κ2) is 5.69. The van der Waals surface area contributed by atoms with E-state index >= 15 is 0 Å². The number of benzene rings is 2. The number of aliphatic hydroxyl groups is 1. The third-order valence-electron chi connectivity index (χ3n) is 5.37. The largest absolute Gasteiger partial charge is 0.387 e. The first kappa shape index (κ1) is 15.5. The van der Waals surface area contributed by atoms with Crippen LogP contribution in [0, 0.1) is 5.41 Å². The quantitative estimate of drug-likeness (QED) is 0.907. The van der Waals surface area contributed by atoms with E-state index in [1.165, 1.54) is 11.1 Å². The zero-order valence-electron chi connectivity index (χ0n) is 12.5. The van der Waals surface area contributed by atoms with Crippen molar-refractivity contribution in [1.29, 1.82) is 0 Å². The summed E-state index contributed by atoms with van der Waals surface area (Å²) in [7, 11) is 0. The molecule has 2 N–H and O–H groups in total. The number of rotatable bonds is 4. The minimum absolute atomic E-state index is 0. The van der Waals surface area contributed by atoms with Gasteiger partial charge in [-0.05, 0) is 24.0 Å². The van der Waals surface area contributed by atoms with Crippen molar-refractivity contribution < 1.29 is 5.11 Å². The molecule has 2 aliphatic rings. The van der Waals surface area contributed by atoms with Gasteiger partial charge in [0.25, 0.3) is 0 Å². The van der Waals surface area contributed by atoms with Crippen LogP contribution in [0.5, 0.6) is 0 Å². The Morgan fingerprint density at radius 3 is 1.59 bits per heavy atom. The summed E-state index contributed by atoms with van der Waals surface area (Å²) < 4.78 is 0. The minimum Gasteiger partial charge on any atom is -0.387 e. The molecule has 2 aromatic rings. The lowest BCUT2D eigenvalue weighted by molar-refractivity contribution is -0.0807. The molecule has 0 atom stereocenters. The molecule has 4 rings (SSSR count). The molecule has 1 heterocycles. The summed E-state index contributed by atoms with van der Waals surface area (Å²) in [6.07, 6.45) is 2.22. The van der Waals surface area contributed by atoms with E-state index in [0.717, 1.165) is 25.9 Å². The Hall–Kier alpha value is -1.35. The molecule has 1 aliphatic heterocycles. The molecule has 1 saturated heterocycles. The van der Waals surface area contributed by atoms with E-state index in [4.69, 9.17) is 0 Å². The van der Waals surface area contributed by atoms with E-state index in [2.05, 4.69) is 66.0 Å². The van der Waals surface area contributed by atoms with E-state index in [9.17, 15) is 5.11 Å². The number of hydrogen-bond donors (Lipinski definition) is 2. The molecule has 0 amide bonds. The fourth-order valence-electron chi connectivity index (χ4n) is 3.99. The van der Waals surface area contributed by atoms with Crippen molar-refractivity contribution in [2.45, 2.75) is 24.4 Å². The number of nitrogens with one attached hydrogen (secondary N) is 1. The van der Waals surface area contributed by atoms with Crippen molar-refractivity contribution in [2.75, 3.05) is 13.1 Å². The van der Waals surface area contributed by atoms with Gasteiger partial charge in [0, 0.05) is 24.4 Å². The van der Waals surface area contributed by atoms with Gasteiger partial charge in [-0.3, -0.25) is 0 Å². The Morgan fingerprint density at radius 1 is 0.818 bits per heavy atom. The SMILES string of the molecule is Cl.OC1(C2(C(c3ccccc3)c3ccccc3)CC2)CNC1. The zero-order chi connectivity index (χ0) is 14.3. The summed E-state index contributed by atoms with van der Waals surface area (Å²) in [4.78, 5) is 0. The number of hydrogen-bond acceptors (Lipinski definition) is 2. The highest BCUT2D eigenvalue weighted by Crippen LogP contribution is 2.65. The van der Waals surface area contributed by atoms with Crippen molar-refractivity contribution in [3.8, 4) is 0 Å². The third-order valence-corrected chi connectivity index (χ3v) is 5.37. The predicted octanol–water partition coefficient (Wildman–Crippen LogP) is 3.35. The highest BCUT2D eigenvalue weighted by Gasteiger charge is 2.65. The minimum atomic E-state index is -0.552. The lowest BCUT2D eigenvalue weighted by Gasteiger charge is -2.48. The van der Waals surface area contributed by atoms with Crippen LogP contribution in [-0.4, -0.2) is 23.8 Å². The Bertz CT molecular complexity index is 581. The van der Waals surface area contributed by atoms with E-state index in [-0.39, 0.29) is 23.7 Å². The van der Waals surface area contributed by atoms with E-state index in [1.807, 2.05) is 0 Å². The van der Waals surface area contributed by atoms with Crippen molar-refractivity contribution in [3.63, 3.8) is 0 Å². The molecule has 1 aliphatic carbocycles. The van der Waals surface area contributed by atoms with Gasteiger partial charge < -0.3 is 10.4 Å². The molecular formula is C19H22ClNO. The van der Waals surface area contributed by atoms with E-state index in [0.29, 0.717) is 0 Å². The van der Waals surface area contributed by atoms with Crippen LogP contribution >= 0.6 is 12.4 Å². The molecule has 2 fully saturated rings. The predicted molar refractivity (Wildman–Crippen MR) is 91.5 cm³/mol. The fourth-order valence-corrected chi connectivity index (χ4v) is 3.99. The van der Waals surface area contributed by atoms with Crippen LogP contribution in [0.1, 0.15) is 29.9 Å². The molecule has 0 bridgehead atoms.